The van der Waals surface area contributed by atoms with Crippen molar-refractivity contribution in [1.82, 2.24) is 4.98 Å². The van der Waals surface area contributed by atoms with Crippen LogP contribution in [0, 0.1) is 0 Å². The Morgan fingerprint density at radius 1 is 1.15 bits per heavy atom. The average Bonchev–Trinajstić information content (AvgIpc) is 2.90. The van der Waals surface area contributed by atoms with E-state index in [4.69, 9.17) is 15.2 Å². The van der Waals surface area contributed by atoms with Crippen molar-refractivity contribution in [3.05, 3.63) is 39.8 Å². The van der Waals surface area contributed by atoms with Crippen LogP contribution in [0.2, 0.25) is 0 Å². The summed E-state index contributed by atoms with van der Waals surface area (Å²) < 4.78 is 11.2. The molecule has 0 fully saturated rings. The lowest BCUT2D eigenvalue weighted by Gasteiger charge is -2.12. The molecule has 1 heterocycles. The topological polar surface area (TPSA) is 57.4 Å². The Kier molecular flexibility index (Phi) is 5.38. The molecule has 20 heavy (non-hydrogen) atoms. The second-order valence-electron chi connectivity index (χ2n) is 4.26. The molecule has 2 rings (SSSR count). The molecule has 0 atom stereocenters. The van der Waals surface area contributed by atoms with Crippen LogP contribution in [0.4, 0.5) is 0 Å². The maximum atomic E-state index is 5.63. The summed E-state index contributed by atoms with van der Waals surface area (Å²) in [7, 11) is 0. The molecule has 0 unspecified atom stereocenters. The summed E-state index contributed by atoms with van der Waals surface area (Å²) in [5.41, 5.74) is 7.69. The van der Waals surface area contributed by atoms with Gasteiger partial charge in [0.2, 0.25) is 0 Å². The Balaban J connectivity index is 2.17. The van der Waals surface area contributed by atoms with Gasteiger partial charge in [0.05, 0.1) is 23.9 Å². The van der Waals surface area contributed by atoms with E-state index in [0.717, 1.165) is 34.2 Å². The zero-order chi connectivity index (χ0) is 14.4. The maximum Gasteiger partial charge on any atom is 0.161 e. The first-order valence-electron chi connectivity index (χ1n) is 6.78. The molecule has 0 saturated heterocycles. The van der Waals surface area contributed by atoms with Crippen LogP contribution in [0.3, 0.4) is 0 Å². The molecular weight excluding hydrogens is 272 g/mol. The van der Waals surface area contributed by atoms with Crippen molar-refractivity contribution >= 4 is 11.3 Å². The van der Waals surface area contributed by atoms with E-state index >= 15 is 0 Å². The predicted molar refractivity (Wildman–Crippen MR) is 81.6 cm³/mol. The number of benzene rings is 1. The minimum atomic E-state index is 0.490. The molecule has 1 aromatic heterocycles. The fourth-order valence-electron chi connectivity index (χ4n) is 1.90. The summed E-state index contributed by atoms with van der Waals surface area (Å²) in [6, 6.07) is 6.04. The van der Waals surface area contributed by atoms with Gasteiger partial charge in [0.15, 0.2) is 11.5 Å². The van der Waals surface area contributed by atoms with Crippen molar-refractivity contribution in [3.63, 3.8) is 0 Å². The molecule has 0 saturated carbocycles. The first-order chi connectivity index (χ1) is 9.76. The molecule has 1 aromatic carbocycles. The van der Waals surface area contributed by atoms with Crippen LogP contribution in [0.1, 0.15) is 30.1 Å². The van der Waals surface area contributed by atoms with Crippen molar-refractivity contribution in [2.45, 2.75) is 26.8 Å². The number of rotatable bonds is 7. The molecule has 0 aliphatic heterocycles. The Morgan fingerprint density at radius 3 is 2.55 bits per heavy atom. The minimum Gasteiger partial charge on any atom is -0.490 e. The van der Waals surface area contributed by atoms with Gasteiger partial charge in [-0.15, -0.1) is 11.3 Å². The molecular formula is C15H20N2O2S. The third-order valence-corrected chi connectivity index (χ3v) is 3.67. The monoisotopic (exact) mass is 292 g/mol. The fraction of sp³-hybridized carbons (Fsp3) is 0.400. The number of aromatic nitrogens is 1. The number of hydrogen-bond acceptors (Lipinski definition) is 5. The molecule has 2 N–H and O–H groups in total. The zero-order valence-electron chi connectivity index (χ0n) is 11.9. The standard InChI is InChI=1S/C15H20N2O2S/c1-3-18-13-6-5-11(7-14(13)19-4-2)8-15-17-12(9-16)10-20-15/h5-7,10H,3-4,8-9,16H2,1-2H3. The Bertz CT molecular complexity index is 555. The van der Waals surface area contributed by atoms with Crippen molar-refractivity contribution in [3.8, 4) is 11.5 Å². The van der Waals surface area contributed by atoms with Crippen LogP contribution < -0.4 is 15.2 Å². The lowest BCUT2D eigenvalue weighted by Crippen LogP contribution is -2.00. The highest BCUT2D eigenvalue weighted by molar-refractivity contribution is 7.09. The number of ether oxygens (including phenoxy) is 2. The summed E-state index contributed by atoms with van der Waals surface area (Å²) in [5.74, 6) is 1.59. The molecule has 5 heteroatoms. The third kappa shape index (κ3) is 3.71. The van der Waals surface area contributed by atoms with Gasteiger partial charge in [-0.3, -0.25) is 0 Å². The van der Waals surface area contributed by atoms with Crippen molar-refractivity contribution < 1.29 is 9.47 Å². The summed E-state index contributed by atoms with van der Waals surface area (Å²) in [5, 5.41) is 3.07. The number of nitrogens with two attached hydrogens (primary N) is 1. The highest BCUT2D eigenvalue weighted by Gasteiger charge is 2.08. The van der Waals surface area contributed by atoms with Gasteiger partial charge in [-0.05, 0) is 31.5 Å². The molecule has 2 aromatic rings. The van der Waals surface area contributed by atoms with Crippen LogP contribution in [0.25, 0.3) is 0 Å². The average molecular weight is 292 g/mol. The van der Waals surface area contributed by atoms with E-state index in [0.29, 0.717) is 19.8 Å². The summed E-state index contributed by atoms with van der Waals surface area (Å²) in [4.78, 5) is 4.48. The molecule has 0 bridgehead atoms. The van der Waals surface area contributed by atoms with Crippen molar-refractivity contribution in [1.29, 1.82) is 0 Å². The summed E-state index contributed by atoms with van der Waals surface area (Å²) in [6.45, 7) is 5.68. The first-order valence-corrected chi connectivity index (χ1v) is 7.66. The van der Waals surface area contributed by atoms with Gasteiger partial charge in [0.25, 0.3) is 0 Å². The van der Waals surface area contributed by atoms with E-state index in [1.165, 1.54) is 0 Å². The number of hydrogen-bond donors (Lipinski definition) is 1. The molecule has 0 aliphatic carbocycles. The maximum absolute atomic E-state index is 5.63. The van der Waals surface area contributed by atoms with Gasteiger partial charge in [0.1, 0.15) is 0 Å². The van der Waals surface area contributed by atoms with Gasteiger partial charge in [0, 0.05) is 18.3 Å². The highest BCUT2D eigenvalue weighted by atomic mass is 32.1. The molecule has 0 amide bonds. The van der Waals surface area contributed by atoms with Crippen molar-refractivity contribution in [2.75, 3.05) is 13.2 Å². The fourth-order valence-corrected chi connectivity index (χ4v) is 2.74. The van der Waals surface area contributed by atoms with E-state index in [-0.39, 0.29) is 0 Å². The first kappa shape index (κ1) is 14.8. The highest BCUT2D eigenvalue weighted by Crippen LogP contribution is 2.29. The lowest BCUT2D eigenvalue weighted by molar-refractivity contribution is 0.287. The van der Waals surface area contributed by atoms with Gasteiger partial charge in [-0.1, -0.05) is 6.07 Å². The molecule has 0 spiro atoms. The van der Waals surface area contributed by atoms with Crippen molar-refractivity contribution in [2.24, 2.45) is 5.73 Å². The second kappa shape index (κ2) is 7.26. The quantitative estimate of drug-likeness (QED) is 0.852. The van der Waals surface area contributed by atoms with E-state index in [9.17, 15) is 0 Å². The van der Waals surface area contributed by atoms with E-state index in [2.05, 4.69) is 11.1 Å². The second-order valence-corrected chi connectivity index (χ2v) is 5.20. The Morgan fingerprint density at radius 2 is 1.90 bits per heavy atom. The van der Waals surface area contributed by atoms with Gasteiger partial charge < -0.3 is 15.2 Å². The Labute approximate surface area is 123 Å². The van der Waals surface area contributed by atoms with Crippen LogP contribution in [0.5, 0.6) is 11.5 Å². The zero-order valence-corrected chi connectivity index (χ0v) is 12.7. The lowest BCUT2D eigenvalue weighted by atomic mass is 10.1. The smallest absolute Gasteiger partial charge is 0.161 e. The molecule has 0 aliphatic rings. The number of nitrogens with zero attached hydrogens (tertiary/aromatic N) is 1. The number of thiazole rings is 1. The van der Waals surface area contributed by atoms with E-state index in [1.807, 2.05) is 31.4 Å². The van der Waals surface area contributed by atoms with Crippen LogP contribution in [-0.2, 0) is 13.0 Å². The third-order valence-electron chi connectivity index (χ3n) is 2.77. The predicted octanol–water partition coefficient (Wildman–Crippen LogP) is 2.99. The minimum absolute atomic E-state index is 0.490. The van der Waals surface area contributed by atoms with E-state index < -0.39 is 0 Å². The molecule has 0 radical (unpaired) electrons. The van der Waals surface area contributed by atoms with Gasteiger partial charge >= 0.3 is 0 Å². The molecule has 4 nitrogen and oxygen atoms in total. The normalized spacial score (nSPS) is 10.6. The van der Waals surface area contributed by atoms with E-state index in [1.54, 1.807) is 11.3 Å². The summed E-state index contributed by atoms with van der Waals surface area (Å²) >= 11 is 1.64. The Hall–Kier alpha value is -1.59. The van der Waals surface area contributed by atoms with Crippen LogP contribution in [0.15, 0.2) is 23.6 Å². The van der Waals surface area contributed by atoms with Crippen LogP contribution >= 0.6 is 11.3 Å². The summed E-state index contributed by atoms with van der Waals surface area (Å²) in [6.07, 6.45) is 0.789. The molecule has 108 valence electrons. The SMILES string of the molecule is CCOc1ccc(Cc2nc(CN)cs2)cc1OCC. The van der Waals surface area contributed by atoms with Gasteiger partial charge in [-0.25, -0.2) is 4.98 Å². The largest absolute Gasteiger partial charge is 0.490 e. The van der Waals surface area contributed by atoms with Crippen LogP contribution in [-0.4, -0.2) is 18.2 Å². The van der Waals surface area contributed by atoms with Gasteiger partial charge in [-0.2, -0.15) is 0 Å².